The van der Waals surface area contributed by atoms with Gasteiger partial charge in [-0.15, -0.1) is 0 Å². The topological polar surface area (TPSA) is 58.2 Å². The summed E-state index contributed by atoms with van der Waals surface area (Å²) >= 11 is 0. The third-order valence-electron chi connectivity index (χ3n) is 5.39. The van der Waals surface area contributed by atoms with E-state index in [-0.39, 0.29) is 11.7 Å². The zero-order valence-electron chi connectivity index (χ0n) is 18.5. The normalized spacial score (nSPS) is 10.7. The summed E-state index contributed by atoms with van der Waals surface area (Å²) in [6.45, 7) is 1.07. The number of halogens is 1. The summed E-state index contributed by atoms with van der Waals surface area (Å²) in [6, 6.07) is 25.5. The molecule has 1 amide bonds. The summed E-state index contributed by atoms with van der Waals surface area (Å²) in [5.74, 6) is 0.516. The zero-order valence-corrected chi connectivity index (χ0v) is 18.5. The fourth-order valence-electron chi connectivity index (χ4n) is 3.54. The first-order chi connectivity index (χ1) is 16.1. The Morgan fingerprint density at radius 2 is 1.79 bits per heavy atom. The van der Waals surface area contributed by atoms with E-state index in [1.54, 1.807) is 18.0 Å². The van der Waals surface area contributed by atoms with Crippen LogP contribution in [-0.4, -0.2) is 34.6 Å². The van der Waals surface area contributed by atoms with Crippen molar-refractivity contribution in [3.05, 3.63) is 108 Å². The number of nitrogens with one attached hydrogen (secondary N) is 1. The standard InChI is InChI=1S/C27H26FN3O2/c1-31(16-6-9-24-18-26(30-29-24)22-7-5-8-23(28)17-22)27(32)21-14-12-20(13-15-21)19-33-25-10-3-2-4-11-25/h2-5,7-8,10-15,17-18H,6,9,16,19H2,1H3,(H,29,30). The van der Waals surface area contributed by atoms with Gasteiger partial charge in [0.15, 0.2) is 0 Å². The molecule has 4 aromatic rings. The highest BCUT2D eigenvalue weighted by Crippen LogP contribution is 2.19. The second kappa shape index (κ2) is 10.6. The number of aromatic nitrogens is 2. The number of amides is 1. The van der Waals surface area contributed by atoms with Gasteiger partial charge in [0.05, 0.1) is 5.69 Å². The molecule has 0 radical (unpaired) electrons. The van der Waals surface area contributed by atoms with Crippen molar-refractivity contribution < 1.29 is 13.9 Å². The Morgan fingerprint density at radius 1 is 1.00 bits per heavy atom. The van der Waals surface area contributed by atoms with Gasteiger partial charge in [-0.25, -0.2) is 4.39 Å². The first kappa shape index (κ1) is 22.3. The molecule has 0 saturated carbocycles. The molecular weight excluding hydrogens is 417 g/mol. The van der Waals surface area contributed by atoms with Crippen molar-refractivity contribution in [2.45, 2.75) is 19.4 Å². The van der Waals surface area contributed by atoms with Gasteiger partial charge < -0.3 is 9.64 Å². The quantitative estimate of drug-likeness (QED) is 0.372. The van der Waals surface area contributed by atoms with Crippen molar-refractivity contribution in [3.8, 4) is 17.0 Å². The van der Waals surface area contributed by atoms with Gasteiger partial charge >= 0.3 is 0 Å². The number of nitrogens with zero attached hydrogens (tertiary/aromatic N) is 2. The van der Waals surface area contributed by atoms with Crippen LogP contribution < -0.4 is 4.74 Å². The Morgan fingerprint density at radius 3 is 2.55 bits per heavy atom. The minimum absolute atomic E-state index is 0.0180. The molecule has 0 aliphatic carbocycles. The average Bonchev–Trinajstić information content (AvgIpc) is 3.32. The van der Waals surface area contributed by atoms with Crippen molar-refractivity contribution >= 4 is 5.91 Å². The molecule has 4 rings (SSSR count). The van der Waals surface area contributed by atoms with Crippen molar-refractivity contribution in [3.63, 3.8) is 0 Å². The lowest BCUT2D eigenvalue weighted by molar-refractivity contribution is 0.0793. The molecule has 6 heteroatoms. The maximum absolute atomic E-state index is 13.4. The average molecular weight is 444 g/mol. The number of hydrogen-bond donors (Lipinski definition) is 1. The first-order valence-corrected chi connectivity index (χ1v) is 10.9. The molecule has 1 N–H and O–H groups in total. The molecule has 1 heterocycles. The highest BCUT2D eigenvalue weighted by Gasteiger charge is 2.12. The molecule has 33 heavy (non-hydrogen) atoms. The number of para-hydroxylation sites is 1. The van der Waals surface area contributed by atoms with E-state index >= 15 is 0 Å². The molecule has 168 valence electrons. The second-order valence-corrected chi connectivity index (χ2v) is 7.92. The van der Waals surface area contributed by atoms with Crippen LogP contribution in [0.3, 0.4) is 0 Å². The minimum atomic E-state index is -0.283. The Labute approximate surface area is 192 Å². The van der Waals surface area contributed by atoms with Gasteiger partial charge in [-0.3, -0.25) is 9.89 Å². The first-order valence-electron chi connectivity index (χ1n) is 10.9. The van der Waals surface area contributed by atoms with Gasteiger partial charge in [-0.05, 0) is 60.9 Å². The van der Waals surface area contributed by atoms with E-state index in [1.165, 1.54) is 12.1 Å². The van der Waals surface area contributed by atoms with E-state index in [0.717, 1.165) is 35.4 Å². The number of carbonyl (C=O) groups is 1. The molecular formula is C27H26FN3O2. The van der Waals surface area contributed by atoms with Crippen molar-refractivity contribution in [1.82, 2.24) is 15.1 Å². The van der Waals surface area contributed by atoms with E-state index in [9.17, 15) is 9.18 Å². The van der Waals surface area contributed by atoms with Crippen LogP contribution in [0.1, 0.15) is 28.0 Å². The summed E-state index contributed by atoms with van der Waals surface area (Å²) in [4.78, 5) is 14.5. The van der Waals surface area contributed by atoms with Crippen LogP contribution in [0.25, 0.3) is 11.3 Å². The molecule has 0 aliphatic heterocycles. The van der Waals surface area contributed by atoms with Gasteiger partial charge in [0, 0.05) is 30.4 Å². The second-order valence-electron chi connectivity index (χ2n) is 7.92. The Hall–Kier alpha value is -3.93. The fourth-order valence-corrected chi connectivity index (χ4v) is 3.54. The van der Waals surface area contributed by atoms with E-state index in [1.807, 2.05) is 66.7 Å². The highest BCUT2D eigenvalue weighted by molar-refractivity contribution is 5.94. The van der Waals surface area contributed by atoms with E-state index in [0.29, 0.717) is 24.4 Å². The van der Waals surface area contributed by atoms with Crippen molar-refractivity contribution in [1.29, 1.82) is 0 Å². The Kier molecular flexibility index (Phi) is 7.15. The highest BCUT2D eigenvalue weighted by atomic mass is 19.1. The van der Waals surface area contributed by atoms with Gasteiger partial charge in [0.2, 0.25) is 0 Å². The molecule has 0 saturated heterocycles. The maximum atomic E-state index is 13.4. The lowest BCUT2D eigenvalue weighted by atomic mass is 10.1. The number of aromatic amines is 1. The van der Waals surface area contributed by atoms with Gasteiger partial charge in [-0.2, -0.15) is 5.10 Å². The van der Waals surface area contributed by atoms with Crippen LogP contribution in [0.5, 0.6) is 5.75 Å². The number of ether oxygens (including phenoxy) is 1. The SMILES string of the molecule is CN(CCCc1cc(-c2cccc(F)c2)n[nH]1)C(=O)c1ccc(COc2ccccc2)cc1. The summed E-state index contributed by atoms with van der Waals surface area (Å²) in [5.41, 5.74) is 4.06. The molecule has 0 unspecified atom stereocenters. The lowest BCUT2D eigenvalue weighted by Gasteiger charge is -2.17. The van der Waals surface area contributed by atoms with Gasteiger partial charge in [0.1, 0.15) is 18.2 Å². The van der Waals surface area contributed by atoms with Crippen LogP contribution in [0.15, 0.2) is 84.9 Å². The van der Waals surface area contributed by atoms with Crippen molar-refractivity contribution in [2.24, 2.45) is 0 Å². The van der Waals surface area contributed by atoms with E-state index in [4.69, 9.17) is 4.74 Å². The number of aryl methyl sites for hydroxylation is 1. The maximum Gasteiger partial charge on any atom is 0.253 e. The number of hydrogen-bond acceptors (Lipinski definition) is 3. The van der Waals surface area contributed by atoms with Gasteiger partial charge in [0.25, 0.3) is 5.91 Å². The minimum Gasteiger partial charge on any atom is -0.489 e. The largest absolute Gasteiger partial charge is 0.489 e. The smallest absolute Gasteiger partial charge is 0.253 e. The van der Waals surface area contributed by atoms with Crippen LogP contribution in [-0.2, 0) is 13.0 Å². The summed E-state index contributed by atoms with van der Waals surface area (Å²) in [7, 11) is 1.81. The van der Waals surface area contributed by atoms with Crippen molar-refractivity contribution in [2.75, 3.05) is 13.6 Å². The number of carbonyl (C=O) groups excluding carboxylic acids is 1. The third-order valence-corrected chi connectivity index (χ3v) is 5.39. The van der Waals surface area contributed by atoms with Crippen LogP contribution in [0, 0.1) is 5.82 Å². The molecule has 1 aromatic heterocycles. The molecule has 5 nitrogen and oxygen atoms in total. The lowest BCUT2D eigenvalue weighted by Crippen LogP contribution is -2.28. The summed E-state index contributed by atoms with van der Waals surface area (Å²) < 4.78 is 19.2. The molecule has 3 aromatic carbocycles. The molecule has 0 aliphatic rings. The monoisotopic (exact) mass is 443 g/mol. The number of benzene rings is 3. The van der Waals surface area contributed by atoms with E-state index < -0.39 is 0 Å². The summed E-state index contributed by atoms with van der Waals surface area (Å²) in [6.07, 6.45) is 1.53. The van der Waals surface area contributed by atoms with Crippen LogP contribution >= 0.6 is 0 Å². The molecule has 0 spiro atoms. The molecule has 0 atom stereocenters. The molecule has 0 bridgehead atoms. The van der Waals surface area contributed by atoms with Gasteiger partial charge in [-0.1, -0.05) is 42.5 Å². The Balaban J connectivity index is 1.25. The predicted molar refractivity (Wildman–Crippen MR) is 126 cm³/mol. The summed E-state index contributed by atoms with van der Waals surface area (Å²) in [5, 5.41) is 7.27. The fraction of sp³-hybridized carbons (Fsp3) is 0.185. The number of H-pyrrole nitrogens is 1. The van der Waals surface area contributed by atoms with Crippen LogP contribution in [0.2, 0.25) is 0 Å². The zero-order chi connectivity index (χ0) is 23.0. The third kappa shape index (κ3) is 6.07. The predicted octanol–water partition coefficient (Wildman–Crippen LogP) is 5.50. The molecule has 0 fully saturated rings. The number of rotatable bonds is 9. The van der Waals surface area contributed by atoms with E-state index in [2.05, 4.69) is 10.2 Å². The van der Waals surface area contributed by atoms with Crippen LogP contribution in [0.4, 0.5) is 4.39 Å². The Bertz CT molecular complexity index is 1190.